The second-order valence-corrected chi connectivity index (χ2v) is 5.64. The summed E-state index contributed by atoms with van der Waals surface area (Å²) in [7, 11) is 0. The Labute approximate surface area is 92.0 Å². The van der Waals surface area contributed by atoms with Crippen molar-refractivity contribution in [1.82, 2.24) is 9.97 Å². The number of aromatic nitrogens is 2. The lowest BCUT2D eigenvalue weighted by molar-refractivity contribution is 1.09. The Hall–Kier alpha value is -0.460. The average molecular weight is 276 g/mol. The quantitative estimate of drug-likeness (QED) is 0.936. The number of hydrogen-bond donors (Lipinski definition) is 1. The van der Waals surface area contributed by atoms with E-state index in [9.17, 15) is 0 Å². The number of rotatable bonds is 3. The fraction of sp³-hybridized carbons (Fsp3) is 0.143. The first-order valence-corrected chi connectivity index (χ1v) is 6.07. The molecule has 68 valence electrons. The van der Waals surface area contributed by atoms with Crippen LogP contribution in [0, 0.1) is 0 Å². The smallest absolute Gasteiger partial charge is 0.182 e. The molecule has 0 aliphatic carbocycles. The number of halogens is 1. The van der Waals surface area contributed by atoms with Gasteiger partial charge in [-0.25, -0.2) is 9.97 Å². The number of hydrogen-bond acceptors (Lipinski definition) is 5. The Morgan fingerprint density at radius 1 is 1.46 bits per heavy atom. The van der Waals surface area contributed by atoms with Gasteiger partial charge in [0.1, 0.15) is 5.01 Å². The Kier molecular flexibility index (Phi) is 2.92. The molecule has 0 radical (unpaired) electrons. The highest BCUT2D eigenvalue weighted by Crippen LogP contribution is 2.20. The molecule has 0 atom stereocenters. The highest BCUT2D eigenvalue weighted by Gasteiger charge is 1.99. The van der Waals surface area contributed by atoms with Crippen molar-refractivity contribution < 1.29 is 0 Å². The van der Waals surface area contributed by atoms with E-state index in [0.29, 0.717) is 0 Å². The molecule has 0 saturated carbocycles. The Bertz CT molecular complexity index is 371. The maximum Gasteiger partial charge on any atom is 0.182 e. The van der Waals surface area contributed by atoms with Gasteiger partial charge in [0.05, 0.1) is 16.5 Å². The third-order valence-corrected chi connectivity index (χ3v) is 3.56. The second-order valence-electron chi connectivity index (χ2n) is 2.25. The molecule has 0 amide bonds. The molecule has 0 fully saturated rings. The Morgan fingerprint density at radius 2 is 2.38 bits per heavy atom. The van der Waals surface area contributed by atoms with Gasteiger partial charge in [-0.15, -0.1) is 22.7 Å². The van der Waals surface area contributed by atoms with Gasteiger partial charge in [-0.2, -0.15) is 0 Å². The lowest BCUT2D eigenvalue weighted by atomic mass is 10.7. The number of thiazole rings is 2. The molecule has 0 spiro atoms. The summed E-state index contributed by atoms with van der Waals surface area (Å²) in [6, 6.07) is 0. The van der Waals surface area contributed by atoms with Gasteiger partial charge < -0.3 is 5.32 Å². The molecule has 0 saturated heterocycles. The molecule has 2 aromatic rings. The molecular weight excluding hydrogens is 270 g/mol. The van der Waals surface area contributed by atoms with Gasteiger partial charge in [-0.3, -0.25) is 0 Å². The van der Waals surface area contributed by atoms with Crippen LogP contribution in [-0.4, -0.2) is 9.97 Å². The van der Waals surface area contributed by atoms with Gasteiger partial charge >= 0.3 is 0 Å². The van der Waals surface area contributed by atoms with Crippen molar-refractivity contribution in [2.45, 2.75) is 6.54 Å². The first-order valence-electron chi connectivity index (χ1n) is 3.58. The summed E-state index contributed by atoms with van der Waals surface area (Å²) in [5, 5.41) is 7.13. The summed E-state index contributed by atoms with van der Waals surface area (Å²) in [6.45, 7) is 0.740. The van der Waals surface area contributed by atoms with Crippen LogP contribution in [0.1, 0.15) is 5.01 Å². The van der Waals surface area contributed by atoms with E-state index >= 15 is 0 Å². The van der Waals surface area contributed by atoms with E-state index in [4.69, 9.17) is 0 Å². The topological polar surface area (TPSA) is 37.8 Å². The molecule has 0 bridgehead atoms. The first kappa shape index (κ1) is 9.11. The van der Waals surface area contributed by atoms with Crippen molar-refractivity contribution in [3.8, 4) is 0 Å². The van der Waals surface area contributed by atoms with Gasteiger partial charge in [0, 0.05) is 11.6 Å². The summed E-state index contributed by atoms with van der Waals surface area (Å²) >= 11 is 6.59. The summed E-state index contributed by atoms with van der Waals surface area (Å²) in [6.07, 6.45) is 3.59. The van der Waals surface area contributed by atoms with Crippen LogP contribution in [0.25, 0.3) is 0 Å². The fourth-order valence-electron chi connectivity index (χ4n) is 0.832. The number of anilines is 1. The SMILES string of the molecule is Brc1cnc(CNc2nccs2)s1. The lowest BCUT2D eigenvalue weighted by Gasteiger charge is -1.96. The van der Waals surface area contributed by atoms with Gasteiger partial charge in [0.2, 0.25) is 0 Å². The van der Waals surface area contributed by atoms with E-state index in [-0.39, 0.29) is 0 Å². The number of nitrogens with one attached hydrogen (secondary N) is 1. The van der Waals surface area contributed by atoms with Crippen LogP contribution in [0.5, 0.6) is 0 Å². The molecule has 2 rings (SSSR count). The molecule has 2 heterocycles. The maximum absolute atomic E-state index is 4.20. The predicted octanol–water partition coefficient (Wildman–Crippen LogP) is 2.97. The summed E-state index contributed by atoms with van der Waals surface area (Å²) in [5.41, 5.74) is 0. The second kappa shape index (κ2) is 4.17. The van der Waals surface area contributed by atoms with Crippen molar-refractivity contribution in [3.63, 3.8) is 0 Å². The minimum Gasteiger partial charge on any atom is -0.355 e. The largest absolute Gasteiger partial charge is 0.355 e. The predicted molar refractivity (Wildman–Crippen MR) is 59.3 cm³/mol. The molecule has 2 aromatic heterocycles. The van der Waals surface area contributed by atoms with Crippen LogP contribution >= 0.6 is 38.6 Å². The van der Waals surface area contributed by atoms with Gasteiger partial charge in [0.15, 0.2) is 5.13 Å². The average Bonchev–Trinajstić information content (AvgIpc) is 2.71. The van der Waals surface area contributed by atoms with Crippen LogP contribution < -0.4 is 5.32 Å². The van der Waals surface area contributed by atoms with E-state index in [0.717, 1.165) is 20.5 Å². The molecule has 0 aliphatic rings. The van der Waals surface area contributed by atoms with Gasteiger partial charge in [-0.1, -0.05) is 0 Å². The van der Waals surface area contributed by atoms with Crippen LogP contribution in [0.4, 0.5) is 5.13 Å². The zero-order valence-corrected chi connectivity index (χ0v) is 9.75. The molecule has 0 aromatic carbocycles. The highest BCUT2D eigenvalue weighted by molar-refractivity contribution is 9.11. The zero-order valence-electron chi connectivity index (χ0n) is 6.53. The molecule has 3 nitrogen and oxygen atoms in total. The van der Waals surface area contributed by atoms with E-state index in [1.54, 1.807) is 28.9 Å². The standard InChI is InChI=1S/C7H6BrN3S2/c8-5-3-10-6(13-5)4-11-7-9-1-2-12-7/h1-3H,4H2,(H,9,11). The van der Waals surface area contributed by atoms with Crippen molar-refractivity contribution in [2.24, 2.45) is 0 Å². The van der Waals surface area contributed by atoms with Crippen molar-refractivity contribution >= 4 is 43.7 Å². The fourth-order valence-corrected chi connectivity index (χ4v) is 2.60. The third kappa shape index (κ3) is 2.49. The first-order chi connectivity index (χ1) is 6.34. The van der Waals surface area contributed by atoms with Crippen molar-refractivity contribution in [3.05, 3.63) is 26.6 Å². The molecule has 13 heavy (non-hydrogen) atoms. The minimum atomic E-state index is 0.740. The van der Waals surface area contributed by atoms with Crippen LogP contribution in [-0.2, 0) is 6.54 Å². The molecular formula is C7H6BrN3S2. The van der Waals surface area contributed by atoms with Crippen LogP contribution in [0.3, 0.4) is 0 Å². The lowest BCUT2D eigenvalue weighted by Crippen LogP contribution is -1.97. The summed E-state index contributed by atoms with van der Waals surface area (Å²) in [5.74, 6) is 0. The van der Waals surface area contributed by atoms with E-state index in [1.165, 1.54) is 0 Å². The summed E-state index contributed by atoms with van der Waals surface area (Å²) < 4.78 is 1.06. The number of nitrogens with zero attached hydrogens (tertiary/aromatic N) is 2. The van der Waals surface area contributed by atoms with Crippen LogP contribution in [0.2, 0.25) is 0 Å². The molecule has 1 N–H and O–H groups in total. The van der Waals surface area contributed by atoms with E-state index in [2.05, 4.69) is 31.2 Å². The molecule has 6 heteroatoms. The Balaban J connectivity index is 1.93. The third-order valence-electron chi connectivity index (χ3n) is 1.35. The zero-order chi connectivity index (χ0) is 9.10. The van der Waals surface area contributed by atoms with Crippen molar-refractivity contribution in [2.75, 3.05) is 5.32 Å². The maximum atomic E-state index is 4.20. The summed E-state index contributed by atoms with van der Waals surface area (Å²) in [4.78, 5) is 8.31. The van der Waals surface area contributed by atoms with Gasteiger partial charge in [0.25, 0.3) is 0 Å². The molecule has 0 unspecified atom stereocenters. The van der Waals surface area contributed by atoms with E-state index < -0.39 is 0 Å². The van der Waals surface area contributed by atoms with Crippen LogP contribution in [0.15, 0.2) is 21.6 Å². The van der Waals surface area contributed by atoms with Crippen molar-refractivity contribution in [1.29, 1.82) is 0 Å². The molecule has 0 aliphatic heterocycles. The monoisotopic (exact) mass is 275 g/mol. The Morgan fingerprint density at radius 3 is 3.00 bits per heavy atom. The van der Waals surface area contributed by atoms with Gasteiger partial charge in [-0.05, 0) is 15.9 Å². The minimum absolute atomic E-state index is 0.740. The van der Waals surface area contributed by atoms with E-state index in [1.807, 2.05) is 11.6 Å². The highest BCUT2D eigenvalue weighted by atomic mass is 79.9. The normalized spacial score (nSPS) is 10.2.